The maximum atomic E-state index is 12.4. The zero-order chi connectivity index (χ0) is 20.4. The first-order chi connectivity index (χ1) is 12.7. The summed E-state index contributed by atoms with van der Waals surface area (Å²) in [6, 6.07) is 9.96. The van der Waals surface area contributed by atoms with Gasteiger partial charge in [-0.15, -0.1) is 0 Å². The van der Waals surface area contributed by atoms with E-state index in [0.717, 1.165) is 18.5 Å². The van der Waals surface area contributed by atoms with Crippen LogP contribution in [0.2, 0.25) is 0 Å². The number of benzene rings is 1. The van der Waals surface area contributed by atoms with E-state index >= 15 is 0 Å². The monoisotopic (exact) mass is 375 g/mol. The highest BCUT2D eigenvalue weighted by atomic mass is 16.5. The number of carbonyl (C=O) groups excluding carboxylic acids is 1. The lowest BCUT2D eigenvalue weighted by Gasteiger charge is -2.18. The van der Waals surface area contributed by atoms with Crippen LogP contribution in [0.4, 0.5) is 0 Å². The van der Waals surface area contributed by atoms with Gasteiger partial charge in [0.15, 0.2) is 0 Å². The quantitative estimate of drug-likeness (QED) is 0.406. The lowest BCUT2D eigenvalue weighted by atomic mass is 9.93. The standard InChI is InChI=1S/C16H21NO2.C4H4O4/c1-4-10-19-15(18)16(11-14(16)12-17(2)3)13-8-6-5-7-9-13;5-3(6)1-2-4(7)8/h4-9,14H,1,10-12H2,2-3H3;1-2H,(H,5,6)(H,7,8)/b;2-1+/t14?,16-;/m1./s1. The molecule has 1 aliphatic carbocycles. The van der Waals surface area contributed by atoms with Crippen molar-refractivity contribution in [3.05, 3.63) is 60.7 Å². The molecule has 0 saturated heterocycles. The van der Waals surface area contributed by atoms with Crippen LogP contribution in [0.1, 0.15) is 12.0 Å². The van der Waals surface area contributed by atoms with Gasteiger partial charge in [0.05, 0.1) is 5.41 Å². The fourth-order valence-corrected chi connectivity index (χ4v) is 2.85. The molecule has 0 aliphatic heterocycles. The van der Waals surface area contributed by atoms with Gasteiger partial charge in [0.2, 0.25) is 0 Å². The van der Waals surface area contributed by atoms with Gasteiger partial charge in [0, 0.05) is 18.7 Å². The summed E-state index contributed by atoms with van der Waals surface area (Å²) >= 11 is 0. The van der Waals surface area contributed by atoms with Crippen LogP contribution in [0, 0.1) is 5.92 Å². The van der Waals surface area contributed by atoms with Crippen LogP contribution in [0.5, 0.6) is 0 Å². The molecule has 0 bridgehead atoms. The number of carboxylic acid groups (broad SMARTS) is 2. The Bertz CT molecular complexity index is 682. The van der Waals surface area contributed by atoms with Crippen LogP contribution in [0.15, 0.2) is 55.1 Å². The Hall–Kier alpha value is -2.93. The van der Waals surface area contributed by atoms with E-state index in [-0.39, 0.29) is 12.6 Å². The fourth-order valence-electron chi connectivity index (χ4n) is 2.85. The summed E-state index contributed by atoms with van der Waals surface area (Å²) in [5.74, 6) is -2.30. The number of carboxylic acids is 2. The molecule has 1 saturated carbocycles. The summed E-state index contributed by atoms with van der Waals surface area (Å²) in [5.41, 5.74) is 0.616. The molecule has 7 heteroatoms. The first-order valence-electron chi connectivity index (χ1n) is 8.36. The van der Waals surface area contributed by atoms with Crippen molar-refractivity contribution in [2.24, 2.45) is 5.92 Å². The first-order valence-corrected chi connectivity index (χ1v) is 8.36. The van der Waals surface area contributed by atoms with Gasteiger partial charge in [-0.25, -0.2) is 9.59 Å². The normalized spacial score (nSPS) is 20.5. The summed E-state index contributed by atoms with van der Waals surface area (Å²) < 4.78 is 5.31. The Morgan fingerprint density at radius 1 is 1.19 bits per heavy atom. The highest BCUT2D eigenvalue weighted by Gasteiger charge is 2.62. The molecular formula is C20H25NO6. The Kier molecular flexibility index (Phi) is 8.41. The van der Waals surface area contributed by atoms with E-state index < -0.39 is 17.4 Å². The molecule has 146 valence electrons. The molecule has 27 heavy (non-hydrogen) atoms. The average Bonchev–Trinajstić information content (AvgIpc) is 3.33. The van der Waals surface area contributed by atoms with Gasteiger partial charge < -0.3 is 19.8 Å². The zero-order valence-electron chi connectivity index (χ0n) is 15.5. The number of ether oxygens (including phenoxy) is 1. The average molecular weight is 375 g/mol. The molecule has 7 nitrogen and oxygen atoms in total. The van der Waals surface area contributed by atoms with Crippen LogP contribution in [-0.2, 0) is 24.5 Å². The third-order valence-corrected chi connectivity index (χ3v) is 4.04. The fraction of sp³-hybridized carbons (Fsp3) is 0.350. The van der Waals surface area contributed by atoms with Crippen molar-refractivity contribution in [2.75, 3.05) is 27.2 Å². The lowest BCUT2D eigenvalue weighted by molar-refractivity contribution is -0.146. The second-order valence-corrected chi connectivity index (χ2v) is 6.40. The van der Waals surface area contributed by atoms with Gasteiger partial charge >= 0.3 is 17.9 Å². The highest BCUT2D eigenvalue weighted by Crippen LogP contribution is 2.55. The first kappa shape index (κ1) is 22.1. The van der Waals surface area contributed by atoms with Gasteiger partial charge in [-0.2, -0.15) is 0 Å². The van der Waals surface area contributed by atoms with Crippen molar-refractivity contribution in [1.29, 1.82) is 0 Å². The Labute approximate surface area is 158 Å². The third-order valence-electron chi connectivity index (χ3n) is 4.04. The van der Waals surface area contributed by atoms with Crippen molar-refractivity contribution in [1.82, 2.24) is 4.90 Å². The Balaban J connectivity index is 0.000000387. The van der Waals surface area contributed by atoms with Crippen molar-refractivity contribution in [3.8, 4) is 0 Å². The van der Waals surface area contributed by atoms with E-state index in [1.807, 2.05) is 44.4 Å². The molecule has 2 rings (SSSR count). The number of rotatable bonds is 8. The van der Waals surface area contributed by atoms with E-state index in [9.17, 15) is 14.4 Å². The van der Waals surface area contributed by atoms with Crippen LogP contribution in [0.3, 0.4) is 0 Å². The van der Waals surface area contributed by atoms with Crippen molar-refractivity contribution >= 4 is 17.9 Å². The number of aliphatic carboxylic acids is 2. The van der Waals surface area contributed by atoms with Crippen LogP contribution < -0.4 is 0 Å². The van der Waals surface area contributed by atoms with Crippen LogP contribution in [-0.4, -0.2) is 60.3 Å². The molecule has 0 spiro atoms. The maximum absolute atomic E-state index is 12.4. The smallest absolute Gasteiger partial charge is 0.328 e. The van der Waals surface area contributed by atoms with Crippen molar-refractivity contribution in [3.63, 3.8) is 0 Å². The second-order valence-electron chi connectivity index (χ2n) is 6.40. The van der Waals surface area contributed by atoms with E-state index in [0.29, 0.717) is 18.1 Å². The topological polar surface area (TPSA) is 104 Å². The van der Waals surface area contributed by atoms with Crippen LogP contribution >= 0.6 is 0 Å². The second kappa shape index (κ2) is 10.3. The van der Waals surface area contributed by atoms with Crippen molar-refractivity contribution < 1.29 is 29.3 Å². The zero-order valence-corrected chi connectivity index (χ0v) is 15.5. The predicted octanol–water partition coefficient (Wildman–Crippen LogP) is 1.95. The Morgan fingerprint density at radius 2 is 1.74 bits per heavy atom. The molecule has 1 unspecified atom stereocenters. The minimum absolute atomic E-state index is 0.120. The van der Waals surface area contributed by atoms with Gasteiger partial charge in [0.25, 0.3) is 0 Å². The minimum Gasteiger partial charge on any atom is -0.478 e. The number of hydrogen-bond donors (Lipinski definition) is 2. The summed E-state index contributed by atoms with van der Waals surface area (Å²) in [4.78, 5) is 33.6. The molecule has 1 fully saturated rings. The molecule has 1 aliphatic rings. The molecule has 2 N–H and O–H groups in total. The van der Waals surface area contributed by atoms with Crippen molar-refractivity contribution in [2.45, 2.75) is 11.8 Å². The Morgan fingerprint density at radius 3 is 2.19 bits per heavy atom. The largest absolute Gasteiger partial charge is 0.478 e. The predicted molar refractivity (Wildman–Crippen MR) is 100 cm³/mol. The van der Waals surface area contributed by atoms with Gasteiger partial charge in [0.1, 0.15) is 6.61 Å². The molecule has 0 heterocycles. The molecule has 1 aromatic carbocycles. The minimum atomic E-state index is -1.26. The van der Waals surface area contributed by atoms with Gasteiger partial charge in [-0.1, -0.05) is 43.0 Å². The van der Waals surface area contributed by atoms with E-state index in [1.165, 1.54) is 0 Å². The molecule has 0 aromatic heterocycles. The molecule has 0 radical (unpaired) electrons. The maximum Gasteiger partial charge on any atom is 0.328 e. The SMILES string of the molecule is C=CCOC(=O)[C@@]1(c2ccccc2)CC1CN(C)C.O=C(O)/C=C/C(=O)O. The number of nitrogens with zero attached hydrogens (tertiary/aromatic N) is 1. The number of hydrogen-bond acceptors (Lipinski definition) is 5. The molecular weight excluding hydrogens is 350 g/mol. The number of esters is 1. The summed E-state index contributed by atoms with van der Waals surface area (Å²) in [5, 5.41) is 15.6. The summed E-state index contributed by atoms with van der Waals surface area (Å²) in [6.07, 6.45) is 3.59. The van der Waals surface area contributed by atoms with Crippen LogP contribution in [0.25, 0.3) is 0 Å². The summed E-state index contributed by atoms with van der Waals surface area (Å²) in [7, 11) is 4.06. The molecule has 1 aromatic rings. The molecule has 2 atom stereocenters. The molecule has 0 amide bonds. The van der Waals surface area contributed by atoms with E-state index in [1.54, 1.807) is 6.08 Å². The number of carbonyl (C=O) groups is 3. The highest BCUT2D eigenvalue weighted by molar-refractivity contribution is 5.89. The lowest BCUT2D eigenvalue weighted by Crippen LogP contribution is -2.29. The van der Waals surface area contributed by atoms with E-state index in [2.05, 4.69) is 11.5 Å². The summed E-state index contributed by atoms with van der Waals surface area (Å²) in [6.45, 7) is 4.77. The van der Waals surface area contributed by atoms with E-state index in [4.69, 9.17) is 14.9 Å². The third kappa shape index (κ3) is 6.71. The van der Waals surface area contributed by atoms with Gasteiger partial charge in [-0.05, 0) is 32.0 Å². The van der Waals surface area contributed by atoms with Gasteiger partial charge in [-0.3, -0.25) is 4.79 Å².